The Kier molecular flexibility index (Phi) is 5.33. The first kappa shape index (κ1) is 24.2. The van der Waals surface area contributed by atoms with Gasteiger partial charge in [-0.25, -0.2) is 17.4 Å². The zero-order valence-electron chi connectivity index (χ0n) is 19.1. The summed E-state index contributed by atoms with van der Waals surface area (Å²) >= 11 is 0. The van der Waals surface area contributed by atoms with Gasteiger partial charge in [-0.1, -0.05) is 6.07 Å². The number of nitrogens with zero attached hydrogens (tertiary/aromatic N) is 1. The highest BCUT2D eigenvalue weighted by Crippen LogP contribution is 2.42. The second-order valence-electron chi connectivity index (χ2n) is 9.24. The maximum absolute atomic E-state index is 15.1. The lowest BCUT2D eigenvalue weighted by Crippen LogP contribution is -2.45. The van der Waals surface area contributed by atoms with Gasteiger partial charge >= 0.3 is 0 Å². The average molecular weight is 548 g/mol. The van der Waals surface area contributed by atoms with Gasteiger partial charge in [0.05, 0.1) is 15.4 Å². The van der Waals surface area contributed by atoms with E-state index < -0.39 is 47.4 Å². The number of hydrogen-bond acceptors (Lipinski definition) is 6. The molecule has 0 atom stereocenters. The van der Waals surface area contributed by atoms with Gasteiger partial charge in [0.2, 0.25) is 11.2 Å². The van der Waals surface area contributed by atoms with Gasteiger partial charge in [-0.3, -0.25) is 4.55 Å². The predicted octanol–water partition coefficient (Wildman–Crippen LogP) is 1.85. The highest BCUT2D eigenvalue weighted by molar-refractivity contribution is 7.86. The van der Waals surface area contributed by atoms with Gasteiger partial charge < -0.3 is 9.29 Å². The van der Waals surface area contributed by atoms with E-state index in [-0.39, 0.29) is 22.4 Å². The third kappa shape index (κ3) is 3.78. The molecule has 0 bridgehead atoms. The van der Waals surface area contributed by atoms with Gasteiger partial charge in [0.1, 0.15) is 29.0 Å². The minimum Gasteiger partial charge on any atom is -0.744 e. The molecule has 12 heteroatoms. The Labute approximate surface area is 210 Å². The summed E-state index contributed by atoms with van der Waals surface area (Å²) in [5.74, 6) is -2.67. The summed E-state index contributed by atoms with van der Waals surface area (Å²) in [6.45, 7) is 1.68. The van der Waals surface area contributed by atoms with Crippen LogP contribution in [0.1, 0.15) is 35.1 Å². The van der Waals surface area contributed by atoms with Gasteiger partial charge in [0, 0.05) is 40.3 Å². The number of ether oxygens (including phenoxy) is 1. The van der Waals surface area contributed by atoms with Crippen molar-refractivity contribution in [2.24, 2.45) is 0 Å². The van der Waals surface area contributed by atoms with Crippen LogP contribution in [0.5, 0.6) is 11.5 Å². The maximum atomic E-state index is 15.1. The van der Waals surface area contributed by atoms with E-state index in [4.69, 9.17) is 4.74 Å². The van der Waals surface area contributed by atoms with Crippen molar-refractivity contribution in [3.05, 3.63) is 80.9 Å². The molecule has 3 aliphatic heterocycles. The molecule has 0 aliphatic carbocycles. The van der Waals surface area contributed by atoms with E-state index in [9.17, 15) is 30.3 Å². The lowest BCUT2D eigenvalue weighted by Gasteiger charge is -2.27. The fourth-order valence-electron chi connectivity index (χ4n) is 5.58. The Morgan fingerprint density at radius 1 is 0.919 bits per heavy atom. The number of aryl methyl sites for hydroxylation is 1. The van der Waals surface area contributed by atoms with Gasteiger partial charge in [-0.2, -0.15) is 12.8 Å². The quantitative estimate of drug-likeness (QED) is 0.307. The maximum Gasteiger partial charge on any atom is 0.294 e. The highest BCUT2D eigenvalue weighted by atomic mass is 32.2. The van der Waals surface area contributed by atoms with Gasteiger partial charge in [-0.15, -0.1) is 0 Å². The lowest BCUT2D eigenvalue weighted by molar-refractivity contribution is 0.397. The van der Waals surface area contributed by atoms with E-state index in [0.29, 0.717) is 17.7 Å². The van der Waals surface area contributed by atoms with Crippen molar-refractivity contribution >= 4 is 25.8 Å². The average Bonchev–Trinajstić information content (AvgIpc) is 2.84. The predicted molar refractivity (Wildman–Crippen MR) is 126 cm³/mol. The molecule has 0 saturated heterocycles. The fraction of sp³-hybridized carbons (Fsp3) is 0.240. The smallest absolute Gasteiger partial charge is 0.294 e. The molecule has 3 aromatic rings. The number of fused-ring (bicyclic) bond motifs is 3. The topological polar surface area (TPSA) is 124 Å². The van der Waals surface area contributed by atoms with E-state index in [2.05, 4.69) is 4.58 Å². The minimum absolute atomic E-state index is 0.00605. The molecule has 3 heterocycles. The van der Waals surface area contributed by atoms with Crippen LogP contribution in [0, 0.1) is 11.6 Å². The molecule has 192 valence electrons. The molecule has 0 saturated carbocycles. The molecule has 1 N–H and O–H groups in total. The molecular formula is C25H19F2NO7S2. The summed E-state index contributed by atoms with van der Waals surface area (Å²) in [6, 6.07) is 6.49. The van der Waals surface area contributed by atoms with Gasteiger partial charge in [0.15, 0.2) is 11.6 Å². The van der Waals surface area contributed by atoms with Crippen LogP contribution in [0.15, 0.2) is 46.2 Å². The Morgan fingerprint density at radius 2 is 1.62 bits per heavy atom. The zero-order chi connectivity index (χ0) is 26.3. The van der Waals surface area contributed by atoms with Crippen molar-refractivity contribution in [2.75, 3.05) is 13.1 Å². The van der Waals surface area contributed by atoms with Crippen molar-refractivity contribution in [1.29, 1.82) is 0 Å². The fourth-order valence-corrected chi connectivity index (χ4v) is 6.87. The number of hydrogen-bond donors (Lipinski definition) is 1. The molecule has 3 aromatic carbocycles. The van der Waals surface area contributed by atoms with Crippen molar-refractivity contribution in [3.63, 3.8) is 0 Å². The molecular weight excluding hydrogens is 528 g/mol. The van der Waals surface area contributed by atoms with Gasteiger partial charge in [-0.05, 0) is 43.2 Å². The van der Waals surface area contributed by atoms with E-state index in [1.807, 2.05) is 6.07 Å². The second-order valence-corrected chi connectivity index (χ2v) is 12.0. The van der Waals surface area contributed by atoms with Crippen molar-refractivity contribution in [2.45, 2.75) is 35.5 Å². The first-order chi connectivity index (χ1) is 17.4. The Hall–Kier alpha value is -3.19. The summed E-state index contributed by atoms with van der Waals surface area (Å²) in [5.41, 5.74) is 1.65. The monoisotopic (exact) mass is 547 g/mol. The molecule has 0 radical (unpaired) electrons. The normalized spacial score (nSPS) is 16.5. The van der Waals surface area contributed by atoms with E-state index >= 15 is 4.39 Å². The zero-order valence-corrected chi connectivity index (χ0v) is 20.8. The van der Waals surface area contributed by atoms with Crippen molar-refractivity contribution in [1.82, 2.24) is 4.58 Å². The Balaban J connectivity index is 1.82. The second kappa shape index (κ2) is 8.15. The minimum atomic E-state index is -5.28. The summed E-state index contributed by atoms with van der Waals surface area (Å²) < 4.78 is 107. The number of halogens is 2. The molecule has 0 spiro atoms. The van der Waals surface area contributed by atoms with Crippen LogP contribution in [0.3, 0.4) is 0 Å². The van der Waals surface area contributed by atoms with E-state index in [1.165, 1.54) is 6.07 Å². The number of benzene rings is 3. The van der Waals surface area contributed by atoms with Crippen LogP contribution < -0.4 is 19.9 Å². The molecule has 6 rings (SSSR count). The molecule has 0 aromatic heterocycles. The third-order valence-electron chi connectivity index (χ3n) is 7.05. The van der Waals surface area contributed by atoms with Crippen LogP contribution in [-0.4, -0.2) is 39.0 Å². The summed E-state index contributed by atoms with van der Waals surface area (Å²) in [6.07, 6.45) is 3.01. The standard InChI is InChI=1S/C25H19F2NO7S2/c26-19-8-7-16-21(15-6-5-14(36(29,30)31)12-20(15)37(32,33)34)18-11-13-3-1-9-28-10-2-4-17(23(13)28)24(18)35-25(16)22(19)27/h5-8,11-12H,1-4,9-10H2,(H-,29,30,31,32,33,34). The first-order valence-corrected chi connectivity index (χ1v) is 14.3. The summed E-state index contributed by atoms with van der Waals surface area (Å²) in [5, 5.41) is 1.36. The summed E-state index contributed by atoms with van der Waals surface area (Å²) in [7, 11) is -10.1. The Bertz CT molecular complexity index is 1880. The Morgan fingerprint density at radius 3 is 2.32 bits per heavy atom. The number of rotatable bonds is 3. The lowest BCUT2D eigenvalue weighted by atomic mass is 9.87. The van der Waals surface area contributed by atoms with E-state index in [0.717, 1.165) is 67.0 Å². The van der Waals surface area contributed by atoms with Crippen LogP contribution in [0.4, 0.5) is 8.78 Å². The molecule has 37 heavy (non-hydrogen) atoms. The van der Waals surface area contributed by atoms with Crippen LogP contribution >= 0.6 is 0 Å². The van der Waals surface area contributed by atoms with Crippen LogP contribution in [0.2, 0.25) is 0 Å². The largest absolute Gasteiger partial charge is 0.744 e. The summed E-state index contributed by atoms with van der Waals surface area (Å²) in [4.78, 5) is -1.71. The van der Waals surface area contributed by atoms with Crippen molar-refractivity contribution in [3.8, 4) is 11.5 Å². The molecule has 0 unspecified atom stereocenters. The van der Waals surface area contributed by atoms with Gasteiger partial charge in [0.25, 0.3) is 10.1 Å². The molecule has 3 aliphatic rings. The molecule has 0 amide bonds. The first-order valence-electron chi connectivity index (χ1n) is 11.5. The SMILES string of the molecule is O=S(=O)([O-])c1cc(S(=O)(=O)O)ccc1C1=c2cc3c4c(c2Oc2c1ccc(F)c2F)CCC[N+]=4CCC3. The molecule has 8 nitrogen and oxygen atoms in total. The highest BCUT2D eigenvalue weighted by Gasteiger charge is 2.34. The molecule has 0 fully saturated rings. The van der Waals surface area contributed by atoms with Crippen molar-refractivity contribution < 1.29 is 39.5 Å². The van der Waals surface area contributed by atoms with Crippen LogP contribution in [0.25, 0.3) is 5.57 Å². The van der Waals surface area contributed by atoms with Crippen LogP contribution in [-0.2, 0) is 33.1 Å². The third-order valence-corrected chi connectivity index (χ3v) is 8.78. The van der Waals surface area contributed by atoms with E-state index in [1.54, 1.807) is 0 Å².